The lowest BCUT2D eigenvalue weighted by atomic mass is 9.77. The van der Waals surface area contributed by atoms with Crippen molar-refractivity contribution in [2.24, 2.45) is 5.41 Å². The van der Waals surface area contributed by atoms with E-state index in [9.17, 15) is 14.4 Å². The lowest BCUT2D eigenvalue weighted by molar-refractivity contribution is -0.127. The number of aromatic nitrogens is 1. The van der Waals surface area contributed by atoms with Crippen LogP contribution in [0.1, 0.15) is 36.5 Å². The van der Waals surface area contributed by atoms with Crippen molar-refractivity contribution in [1.82, 2.24) is 14.8 Å². The molecule has 1 N–H and O–H groups in total. The molecule has 2 fully saturated rings. The Morgan fingerprint density at radius 1 is 1.35 bits per heavy atom. The number of carbonyl (C=O) groups excluding carboxylic acids is 2. The van der Waals surface area contributed by atoms with Crippen molar-refractivity contribution in [3.63, 3.8) is 0 Å². The van der Waals surface area contributed by atoms with Crippen molar-refractivity contribution in [2.45, 2.75) is 26.2 Å². The van der Waals surface area contributed by atoms with Gasteiger partial charge < -0.3 is 14.8 Å². The van der Waals surface area contributed by atoms with Crippen molar-refractivity contribution in [3.05, 3.63) is 33.2 Å². The highest BCUT2D eigenvalue weighted by atomic mass is 35.5. The van der Waals surface area contributed by atoms with Gasteiger partial charge in [-0.3, -0.25) is 14.4 Å². The normalized spacial score (nSPS) is 20.3. The molecule has 0 unspecified atom stereocenters. The van der Waals surface area contributed by atoms with E-state index in [1.807, 2.05) is 11.8 Å². The fourth-order valence-electron chi connectivity index (χ4n) is 3.55. The molecule has 0 atom stereocenters. The van der Waals surface area contributed by atoms with Crippen LogP contribution in [0.3, 0.4) is 0 Å². The number of hydrogen-bond donors (Lipinski definition) is 1. The molecule has 3 heterocycles. The van der Waals surface area contributed by atoms with E-state index in [2.05, 4.69) is 4.98 Å². The Morgan fingerprint density at radius 2 is 2.04 bits per heavy atom. The van der Waals surface area contributed by atoms with E-state index in [0.29, 0.717) is 25.1 Å². The predicted octanol–water partition coefficient (Wildman–Crippen LogP) is 1.50. The molecule has 0 radical (unpaired) electrons. The molecule has 6 nitrogen and oxygen atoms in total. The number of amides is 2. The molecule has 7 heteroatoms. The highest BCUT2D eigenvalue weighted by Crippen LogP contribution is 2.41. The summed E-state index contributed by atoms with van der Waals surface area (Å²) in [6.07, 6.45) is 3.66. The number of aromatic amines is 1. The van der Waals surface area contributed by atoms with Crippen LogP contribution in [0.2, 0.25) is 5.02 Å². The topological polar surface area (TPSA) is 73.5 Å². The number of hydrogen-bond acceptors (Lipinski definition) is 3. The van der Waals surface area contributed by atoms with Crippen LogP contribution in [0, 0.1) is 5.41 Å². The Kier molecular flexibility index (Phi) is 4.19. The van der Waals surface area contributed by atoms with Gasteiger partial charge in [0.25, 0.3) is 11.5 Å². The molecule has 3 rings (SSSR count). The van der Waals surface area contributed by atoms with Crippen LogP contribution >= 0.6 is 11.6 Å². The summed E-state index contributed by atoms with van der Waals surface area (Å²) in [6.45, 7) is 4.80. The smallest absolute Gasteiger partial charge is 0.266 e. The van der Waals surface area contributed by atoms with Gasteiger partial charge in [-0.25, -0.2) is 0 Å². The molecule has 0 aliphatic carbocycles. The molecule has 0 saturated carbocycles. The van der Waals surface area contributed by atoms with Crippen molar-refractivity contribution in [1.29, 1.82) is 0 Å². The van der Waals surface area contributed by atoms with Crippen LogP contribution in [0.25, 0.3) is 0 Å². The van der Waals surface area contributed by atoms with Crippen LogP contribution in [0.15, 0.2) is 17.1 Å². The SMILES string of the molecule is CCN1CC2(CCN(C(=O)c3c[nH]c(=O)c(Cl)c3)CC2)CC1=O. The number of piperidine rings is 1. The van der Waals surface area contributed by atoms with E-state index in [1.165, 1.54) is 12.3 Å². The van der Waals surface area contributed by atoms with E-state index in [0.717, 1.165) is 25.9 Å². The molecule has 124 valence electrons. The molecule has 2 amide bonds. The zero-order valence-corrected chi connectivity index (χ0v) is 13.9. The highest BCUT2D eigenvalue weighted by Gasteiger charge is 2.44. The standard InChI is InChI=1S/C16H20ClN3O3/c1-2-19-10-16(8-13(19)21)3-5-20(6-4-16)15(23)11-7-12(17)14(22)18-9-11/h7,9H,2-6,8,10H2,1H3,(H,18,22). The van der Waals surface area contributed by atoms with Crippen LogP contribution < -0.4 is 5.56 Å². The maximum atomic E-state index is 12.5. The monoisotopic (exact) mass is 337 g/mol. The molecule has 1 aromatic heterocycles. The summed E-state index contributed by atoms with van der Waals surface area (Å²) in [4.78, 5) is 41.9. The maximum Gasteiger partial charge on any atom is 0.266 e. The molecule has 23 heavy (non-hydrogen) atoms. The summed E-state index contributed by atoms with van der Waals surface area (Å²) in [6, 6.07) is 1.41. The molecule has 2 saturated heterocycles. The lowest BCUT2D eigenvalue weighted by Crippen LogP contribution is -2.44. The summed E-state index contributed by atoms with van der Waals surface area (Å²) >= 11 is 5.79. The number of nitrogens with one attached hydrogen (secondary N) is 1. The number of nitrogens with zero attached hydrogens (tertiary/aromatic N) is 2. The quantitative estimate of drug-likeness (QED) is 0.888. The number of halogens is 1. The zero-order valence-electron chi connectivity index (χ0n) is 13.1. The van der Waals surface area contributed by atoms with Crippen molar-refractivity contribution >= 4 is 23.4 Å². The van der Waals surface area contributed by atoms with Crippen molar-refractivity contribution in [2.75, 3.05) is 26.2 Å². The van der Waals surface area contributed by atoms with Gasteiger partial charge in [-0.1, -0.05) is 11.6 Å². The minimum Gasteiger partial charge on any atom is -0.342 e. The van der Waals surface area contributed by atoms with E-state index in [1.54, 1.807) is 4.90 Å². The van der Waals surface area contributed by atoms with E-state index >= 15 is 0 Å². The van der Waals surface area contributed by atoms with Crippen LogP contribution in [0.4, 0.5) is 0 Å². The molecule has 0 aromatic carbocycles. The first-order valence-electron chi connectivity index (χ1n) is 7.89. The van der Waals surface area contributed by atoms with Gasteiger partial charge in [0.1, 0.15) is 5.02 Å². The van der Waals surface area contributed by atoms with E-state index in [-0.39, 0.29) is 22.3 Å². The molecular formula is C16H20ClN3O3. The van der Waals surface area contributed by atoms with E-state index in [4.69, 9.17) is 11.6 Å². The molecule has 0 bridgehead atoms. The fourth-order valence-corrected chi connectivity index (χ4v) is 3.72. The van der Waals surface area contributed by atoms with E-state index < -0.39 is 5.56 Å². The summed E-state index contributed by atoms with van der Waals surface area (Å²) in [5.41, 5.74) is 0.0140. The lowest BCUT2D eigenvalue weighted by Gasteiger charge is -2.38. The second-order valence-corrected chi connectivity index (χ2v) is 6.85. The number of pyridine rings is 1. The maximum absolute atomic E-state index is 12.5. The minimum atomic E-state index is -0.398. The van der Waals surface area contributed by atoms with Gasteiger partial charge in [0.05, 0.1) is 5.56 Å². The summed E-state index contributed by atoms with van der Waals surface area (Å²) in [5, 5.41) is 0.0179. The second kappa shape index (κ2) is 6.00. The number of likely N-dealkylation sites (tertiary alicyclic amines) is 2. The third kappa shape index (κ3) is 3.00. The number of H-pyrrole nitrogens is 1. The molecular weight excluding hydrogens is 318 g/mol. The molecule has 2 aliphatic rings. The molecule has 1 spiro atoms. The Hall–Kier alpha value is -1.82. The average molecular weight is 338 g/mol. The fraction of sp³-hybridized carbons (Fsp3) is 0.562. The first-order valence-corrected chi connectivity index (χ1v) is 8.27. The van der Waals surface area contributed by atoms with Crippen LogP contribution in [0.5, 0.6) is 0 Å². The van der Waals surface area contributed by atoms with Gasteiger partial charge in [0.15, 0.2) is 0 Å². The third-order valence-corrected chi connectivity index (χ3v) is 5.28. The van der Waals surface area contributed by atoms with Gasteiger partial charge in [0, 0.05) is 44.2 Å². The van der Waals surface area contributed by atoms with Crippen molar-refractivity contribution < 1.29 is 9.59 Å². The van der Waals surface area contributed by atoms with Gasteiger partial charge >= 0.3 is 0 Å². The Balaban J connectivity index is 1.67. The Bertz CT molecular complexity index is 692. The van der Waals surface area contributed by atoms with Gasteiger partial charge in [-0.2, -0.15) is 0 Å². The summed E-state index contributed by atoms with van der Waals surface area (Å²) in [7, 11) is 0. The van der Waals surface area contributed by atoms with Crippen molar-refractivity contribution in [3.8, 4) is 0 Å². The first-order chi connectivity index (χ1) is 10.9. The minimum absolute atomic E-state index is 0.0179. The van der Waals surface area contributed by atoms with Gasteiger partial charge in [-0.15, -0.1) is 0 Å². The summed E-state index contributed by atoms with van der Waals surface area (Å²) in [5.74, 6) is 0.0920. The largest absolute Gasteiger partial charge is 0.342 e. The van der Waals surface area contributed by atoms with Crippen LogP contribution in [-0.2, 0) is 4.79 Å². The average Bonchev–Trinajstić information content (AvgIpc) is 2.85. The predicted molar refractivity (Wildman–Crippen MR) is 86.5 cm³/mol. The second-order valence-electron chi connectivity index (χ2n) is 6.44. The van der Waals surface area contributed by atoms with Gasteiger partial charge in [-0.05, 0) is 25.8 Å². The third-order valence-electron chi connectivity index (χ3n) is 5.00. The van der Waals surface area contributed by atoms with Crippen LogP contribution in [-0.4, -0.2) is 52.8 Å². The highest BCUT2D eigenvalue weighted by molar-refractivity contribution is 6.30. The Labute approximate surface area is 139 Å². The molecule has 2 aliphatic heterocycles. The number of carbonyl (C=O) groups is 2. The molecule has 1 aromatic rings. The summed E-state index contributed by atoms with van der Waals surface area (Å²) < 4.78 is 0. The van der Waals surface area contributed by atoms with Gasteiger partial charge in [0.2, 0.25) is 5.91 Å². The zero-order chi connectivity index (χ0) is 16.6. The number of rotatable bonds is 2. The first kappa shape index (κ1) is 16.1. The Morgan fingerprint density at radius 3 is 2.61 bits per heavy atom.